The minimum Gasteiger partial charge on any atom is -0.390 e. The molecule has 0 heterocycles. The Hall–Kier alpha value is -0.0800. The lowest BCUT2D eigenvalue weighted by atomic mass is 9.79. The molecule has 1 unspecified atom stereocenters. The van der Waals surface area contributed by atoms with Crippen LogP contribution in [0.2, 0.25) is 0 Å². The zero-order valence-corrected chi connectivity index (χ0v) is 8.21. The van der Waals surface area contributed by atoms with Crippen molar-refractivity contribution in [1.29, 1.82) is 0 Å². The molecule has 13 heavy (non-hydrogen) atoms. The van der Waals surface area contributed by atoms with Crippen molar-refractivity contribution in [3.8, 4) is 0 Å². The van der Waals surface area contributed by atoms with Crippen molar-refractivity contribution in [1.82, 2.24) is 0 Å². The van der Waals surface area contributed by atoms with E-state index in [0.717, 1.165) is 32.1 Å². The second-order valence-corrected chi connectivity index (χ2v) is 4.86. The van der Waals surface area contributed by atoms with Crippen LogP contribution in [-0.4, -0.2) is 21.9 Å². The van der Waals surface area contributed by atoms with E-state index in [1.54, 1.807) is 0 Å². The molecule has 0 amide bonds. The highest BCUT2D eigenvalue weighted by Crippen LogP contribution is 2.39. The zero-order chi connectivity index (χ0) is 9.31. The maximum atomic E-state index is 10.2. The number of hydrogen-bond donors (Lipinski definition) is 2. The smallest absolute Gasteiger partial charge is 0.0905 e. The van der Waals surface area contributed by atoms with Crippen molar-refractivity contribution in [3.05, 3.63) is 0 Å². The summed E-state index contributed by atoms with van der Waals surface area (Å²) >= 11 is 0. The number of aliphatic hydroxyl groups is 2. The van der Waals surface area contributed by atoms with Crippen LogP contribution in [0.25, 0.3) is 0 Å². The highest BCUT2D eigenvalue weighted by atomic mass is 16.3. The minimum atomic E-state index is -0.735. The van der Waals surface area contributed by atoms with Crippen LogP contribution < -0.4 is 0 Å². The van der Waals surface area contributed by atoms with Gasteiger partial charge in [-0.15, -0.1) is 0 Å². The molecule has 2 fully saturated rings. The van der Waals surface area contributed by atoms with Crippen molar-refractivity contribution >= 4 is 0 Å². The van der Waals surface area contributed by atoms with Gasteiger partial charge in [-0.2, -0.15) is 0 Å². The molecule has 0 bridgehead atoms. The summed E-state index contributed by atoms with van der Waals surface area (Å²) in [5.74, 6) is 0.709. The highest BCUT2D eigenvalue weighted by molar-refractivity contribution is 4.92. The van der Waals surface area contributed by atoms with Crippen LogP contribution in [0.4, 0.5) is 0 Å². The standard InChI is InChI=1S/C11H20O2/c12-10(8-9-4-5-9)11(13)6-2-1-3-7-11/h9-10,12-13H,1-8H2. The second kappa shape index (κ2) is 3.58. The fraction of sp³-hybridized carbons (Fsp3) is 1.00. The Morgan fingerprint density at radius 3 is 2.31 bits per heavy atom. The first kappa shape index (κ1) is 9.47. The van der Waals surface area contributed by atoms with E-state index >= 15 is 0 Å². The summed E-state index contributed by atoms with van der Waals surface area (Å²) in [6.07, 6.45) is 7.88. The molecule has 0 aliphatic heterocycles. The molecule has 76 valence electrons. The number of aliphatic hydroxyl groups excluding tert-OH is 1. The largest absolute Gasteiger partial charge is 0.390 e. The molecular weight excluding hydrogens is 164 g/mol. The minimum absolute atomic E-state index is 0.458. The second-order valence-electron chi connectivity index (χ2n) is 4.86. The molecule has 2 heteroatoms. The van der Waals surface area contributed by atoms with Crippen LogP contribution in [0.5, 0.6) is 0 Å². The lowest BCUT2D eigenvalue weighted by Gasteiger charge is -2.36. The van der Waals surface area contributed by atoms with E-state index in [9.17, 15) is 10.2 Å². The molecule has 2 aliphatic carbocycles. The number of rotatable bonds is 3. The third-order valence-corrected chi connectivity index (χ3v) is 3.59. The van der Waals surface area contributed by atoms with Gasteiger partial charge in [-0.05, 0) is 25.2 Å². The molecule has 0 aromatic rings. The van der Waals surface area contributed by atoms with Gasteiger partial charge in [0.05, 0.1) is 11.7 Å². The molecule has 2 saturated carbocycles. The van der Waals surface area contributed by atoms with E-state index in [4.69, 9.17) is 0 Å². The average molecular weight is 184 g/mol. The fourth-order valence-corrected chi connectivity index (χ4v) is 2.39. The Kier molecular flexibility index (Phi) is 2.61. The topological polar surface area (TPSA) is 40.5 Å². The third kappa shape index (κ3) is 2.23. The van der Waals surface area contributed by atoms with E-state index < -0.39 is 11.7 Å². The van der Waals surface area contributed by atoms with Gasteiger partial charge in [-0.25, -0.2) is 0 Å². The van der Waals surface area contributed by atoms with Crippen molar-refractivity contribution < 1.29 is 10.2 Å². The summed E-state index contributed by atoms with van der Waals surface area (Å²) in [4.78, 5) is 0. The fourth-order valence-electron chi connectivity index (χ4n) is 2.39. The quantitative estimate of drug-likeness (QED) is 0.702. The first-order chi connectivity index (χ1) is 6.21. The predicted octanol–water partition coefficient (Wildman–Crippen LogP) is 1.84. The third-order valence-electron chi connectivity index (χ3n) is 3.59. The van der Waals surface area contributed by atoms with Gasteiger partial charge < -0.3 is 10.2 Å². The zero-order valence-electron chi connectivity index (χ0n) is 8.21. The Morgan fingerprint density at radius 1 is 1.15 bits per heavy atom. The van der Waals surface area contributed by atoms with Crippen LogP contribution in [0.15, 0.2) is 0 Å². The van der Waals surface area contributed by atoms with Gasteiger partial charge in [0, 0.05) is 0 Å². The molecule has 0 radical (unpaired) electrons. The average Bonchev–Trinajstić information content (AvgIpc) is 2.89. The van der Waals surface area contributed by atoms with E-state index in [1.165, 1.54) is 19.3 Å². The predicted molar refractivity (Wildman–Crippen MR) is 51.4 cm³/mol. The molecule has 2 nitrogen and oxygen atoms in total. The molecule has 1 atom stereocenters. The summed E-state index contributed by atoms with van der Waals surface area (Å²) < 4.78 is 0. The van der Waals surface area contributed by atoms with Crippen molar-refractivity contribution in [2.24, 2.45) is 5.92 Å². The maximum absolute atomic E-state index is 10.2. The van der Waals surface area contributed by atoms with E-state index in [2.05, 4.69) is 0 Å². The van der Waals surface area contributed by atoms with Crippen LogP contribution in [0.1, 0.15) is 51.4 Å². The summed E-state index contributed by atoms with van der Waals surface area (Å²) in [5, 5.41) is 20.1. The summed E-state index contributed by atoms with van der Waals surface area (Å²) in [7, 11) is 0. The monoisotopic (exact) mass is 184 g/mol. The van der Waals surface area contributed by atoms with Gasteiger partial charge in [0.15, 0.2) is 0 Å². The maximum Gasteiger partial charge on any atom is 0.0905 e. The summed E-state index contributed by atoms with van der Waals surface area (Å²) in [6.45, 7) is 0. The van der Waals surface area contributed by atoms with Crippen LogP contribution >= 0.6 is 0 Å². The van der Waals surface area contributed by atoms with Crippen molar-refractivity contribution in [3.63, 3.8) is 0 Å². The first-order valence-corrected chi connectivity index (χ1v) is 5.61. The normalized spacial score (nSPS) is 30.0. The lowest BCUT2D eigenvalue weighted by molar-refractivity contribution is -0.101. The molecule has 0 spiro atoms. The summed E-state index contributed by atoms with van der Waals surface area (Å²) in [6, 6.07) is 0. The van der Waals surface area contributed by atoms with Gasteiger partial charge in [-0.3, -0.25) is 0 Å². The Morgan fingerprint density at radius 2 is 1.77 bits per heavy atom. The van der Waals surface area contributed by atoms with E-state index in [1.807, 2.05) is 0 Å². The molecule has 2 aliphatic rings. The highest BCUT2D eigenvalue weighted by Gasteiger charge is 2.39. The van der Waals surface area contributed by atoms with Gasteiger partial charge in [0.2, 0.25) is 0 Å². The molecule has 2 N–H and O–H groups in total. The first-order valence-electron chi connectivity index (χ1n) is 5.61. The molecular formula is C11H20O2. The SMILES string of the molecule is OC(CC1CC1)C1(O)CCCCC1. The summed E-state index contributed by atoms with van der Waals surface area (Å²) in [5.41, 5.74) is -0.735. The Labute approximate surface area is 80.0 Å². The van der Waals surface area contributed by atoms with Crippen LogP contribution in [0.3, 0.4) is 0 Å². The Bertz CT molecular complexity index is 169. The van der Waals surface area contributed by atoms with E-state index in [-0.39, 0.29) is 0 Å². The molecule has 0 saturated heterocycles. The van der Waals surface area contributed by atoms with Crippen LogP contribution in [-0.2, 0) is 0 Å². The van der Waals surface area contributed by atoms with E-state index in [0.29, 0.717) is 5.92 Å². The van der Waals surface area contributed by atoms with Crippen molar-refractivity contribution in [2.75, 3.05) is 0 Å². The van der Waals surface area contributed by atoms with Gasteiger partial charge in [0.25, 0.3) is 0 Å². The lowest BCUT2D eigenvalue weighted by Crippen LogP contribution is -2.44. The van der Waals surface area contributed by atoms with Crippen molar-refractivity contribution in [2.45, 2.75) is 63.1 Å². The van der Waals surface area contributed by atoms with Gasteiger partial charge >= 0.3 is 0 Å². The van der Waals surface area contributed by atoms with Crippen LogP contribution in [0, 0.1) is 5.92 Å². The molecule has 0 aromatic carbocycles. The van der Waals surface area contributed by atoms with Gasteiger partial charge in [0.1, 0.15) is 0 Å². The molecule has 0 aromatic heterocycles. The Balaban J connectivity index is 1.86. The number of hydrogen-bond acceptors (Lipinski definition) is 2. The van der Waals surface area contributed by atoms with Gasteiger partial charge in [-0.1, -0.05) is 32.1 Å². The molecule has 2 rings (SSSR count).